The Labute approximate surface area is 164 Å². The van der Waals surface area contributed by atoms with E-state index in [9.17, 15) is 8.42 Å². The molecule has 3 aromatic carbocycles. The van der Waals surface area contributed by atoms with Gasteiger partial charge in [-0.15, -0.1) is 0 Å². The quantitative estimate of drug-likeness (QED) is 0.454. The third-order valence-corrected chi connectivity index (χ3v) is 6.29. The summed E-state index contributed by atoms with van der Waals surface area (Å²) in [5.74, 6) is 0.955. The molecule has 1 aliphatic heterocycles. The van der Waals surface area contributed by atoms with Crippen molar-refractivity contribution in [2.75, 3.05) is 6.26 Å². The molecule has 28 heavy (non-hydrogen) atoms. The number of hydrogen-bond acceptors (Lipinski definition) is 3. The molecule has 5 rings (SSSR count). The topological polar surface area (TPSA) is 52.0 Å². The van der Waals surface area contributed by atoms with Gasteiger partial charge >= 0.3 is 0 Å². The Morgan fingerprint density at radius 1 is 0.821 bits per heavy atom. The van der Waals surface area contributed by atoms with Crippen LogP contribution >= 0.6 is 0 Å². The first-order valence-electron chi connectivity index (χ1n) is 9.07. The van der Waals surface area contributed by atoms with Crippen molar-refractivity contribution < 1.29 is 8.42 Å². The Kier molecular flexibility index (Phi) is 3.74. The lowest BCUT2D eigenvalue weighted by Crippen LogP contribution is -1.98. The van der Waals surface area contributed by atoms with Gasteiger partial charge in [-0.05, 0) is 17.7 Å². The number of benzene rings is 3. The molecule has 0 saturated carbocycles. The lowest BCUT2D eigenvalue weighted by molar-refractivity contribution is 0.602. The highest BCUT2D eigenvalue weighted by Crippen LogP contribution is 2.41. The monoisotopic (exact) mass is 386 g/mol. The maximum atomic E-state index is 11.8. The lowest BCUT2D eigenvalue weighted by Gasteiger charge is -2.09. The fourth-order valence-electron chi connectivity index (χ4n) is 3.81. The Morgan fingerprint density at radius 2 is 1.50 bits per heavy atom. The van der Waals surface area contributed by atoms with Gasteiger partial charge < -0.3 is 4.57 Å². The fourth-order valence-corrected chi connectivity index (χ4v) is 4.44. The number of fused-ring (bicyclic) bond motifs is 3. The molecular weight excluding hydrogens is 368 g/mol. The van der Waals surface area contributed by atoms with Crippen LogP contribution in [-0.2, 0) is 16.4 Å². The Hall–Kier alpha value is -3.18. The number of rotatable bonds is 3. The van der Waals surface area contributed by atoms with E-state index in [0.29, 0.717) is 4.90 Å². The second kappa shape index (κ2) is 6.17. The van der Waals surface area contributed by atoms with Crippen molar-refractivity contribution in [2.24, 2.45) is 0 Å². The summed E-state index contributed by atoms with van der Waals surface area (Å²) in [6, 6.07) is 25.5. The van der Waals surface area contributed by atoms with E-state index < -0.39 is 9.84 Å². The smallest absolute Gasteiger partial charge is 0.175 e. The molecular formula is C23H18N2O2S. The summed E-state index contributed by atoms with van der Waals surface area (Å²) in [5, 5.41) is 0. The number of hydrogen-bond donors (Lipinski definition) is 0. The zero-order chi connectivity index (χ0) is 19.3. The van der Waals surface area contributed by atoms with Crippen molar-refractivity contribution in [2.45, 2.75) is 11.4 Å². The molecule has 0 unspecified atom stereocenters. The number of aromatic nitrogens is 2. The van der Waals surface area contributed by atoms with Crippen molar-refractivity contribution in [1.82, 2.24) is 9.55 Å². The molecule has 1 aromatic heterocycles. The Bertz CT molecular complexity index is 1290. The van der Waals surface area contributed by atoms with Gasteiger partial charge in [0.2, 0.25) is 0 Å². The summed E-state index contributed by atoms with van der Waals surface area (Å²) in [6.45, 7) is 0.782. The third-order valence-electron chi connectivity index (χ3n) is 5.16. The maximum absolute atomic E-state index is 11.8. The molecule has 0 radical (unpaired) electrons. The number of sulfone groups is 1. The Morgan fingerprint density at radius 3 is 2.21 bits per heavy atom. The lowest BCUT2D eigenvalue weighted by atomic mass is 10.0. The normalized spacial score (nSPS) is 12.6. The highest BCUT2D eigenvalue weighted by molar-refractivity contribution is 7.90. The highest BCUT2D eigenvalue weighted by atomic mass is 32.2. The summed E-state index contributed by atoms with van der Waals surface area (Å²) in [6.07, 6.45) is 1.22. The van der Waals surface area contributed by atoms with Crippen molar-refractivity contribution in [1.29, 1.82) is 0 Å². The average Bonchev–Trinajstić information content (AvgIpc) is 3.24. The van der Waals surface area contributed by atoms with Gasteiger partial charge in [-0.2, -0.15) is 0 Å². The summed E-state index contributed by atoms with van der Waals surface area (Å²) in [4.78, 5) is 5.30. The van der Waals surface area contributed by atoms with Crippen LogP contribution in [0.5, 0.6) is 0 Å². The Balaban J connectivity index is 1.73. The van der Waals surface area contributed by atoms with E-state index in [-0.39, 0.29) is 0 Å². The second-order valence-electron chi connectivity index (χ2n) is 7.04. The number of imidazole rings is 1. The predicted molar refractivity (Wildman–Crippen MR) is 111 cm³/mol. The summed E-state index contributed by atoms with van der Waals surface area (Å²) < 4.78 is 25.9. The van der Waals surface area contributed by atoms with Crippen LogP contribution in [0.2, 0.25) is 0 Å². The fraction of sp³-hybridized carbons (Fsp3) is 0.0870. The molecule has 0 fully saturated rings. The summed E-state index contributed by atoms with van der Waals surface area (Å²) >= 11 is 0. The zero-order valence-electron chi connectivity index (χ0n) is 15.3. The van der Waals surface area contributed by atoms with E-state index >= 15 is 0 Å². The first-order chi connectivity index (χ1) is 13.5. The van der Waals surface area contributed by atoms with Gasteiger partial charge in [0.1, 0.15) is 5.82 Å². The SMILES string of the molecule is CS(=O)(=O)c1ccc(-c2nc3n(c2-c2ccccc2)Cc2ccccc2-3)cc1. The molecule has 0 aliphatic carbocycles. The van der Waals surface area contributed by atoms with Gasteiger partial charge in [-0.3, -0.25) is 0 Å². The van der Waals surface area contributed by atoms with Crippen LogP contribution in [0, 0.1) is 0 Å². The van der Waals surface area contributed by atoms with Gasteiger partial charge in [0, 0.05) is 22.9 Å². The van der Waals surface area contributed by atoms with E-state index in [4.69, 9.17) is 4.98 Å². The summed E-state index contributed by atoms with van der Waals surface area (Å²) in [5.41, 5.74) is 6.34. The van der Waals surface area contributed by atoms with Crippen LogP contribution < -0.4 is 0 Å². The van der Waals surface area contributed by atoms with Crippen LogP contribution in [0.3, 0.4) is 0 Å². The van der Waals surface area contributed by atoms with Crippen molar-refractivity contribution >= 4 is 9.84 Å². The molecule has 0 N–H and O–H groups in total. The van der Waals surface area contributed by atoms with Gasteiger partial charge in [-0.25, -0.2) is 13.4 Å². The van der Waals surface area contributed by atoms with Crippen LogP contribution in [-0.4, -0.2) is 24.2 Å². The molecule has 5 heteroatoms. The molecule has 2 heterocycles. The minimum Gasteiger partial charge on any atom is -0.319 e. The van der Waals surface area contributed by atoms with Crippen molar-refractivity contribution in [3.63, 3.8) is 0 Å². The molecule has 0 bridgehead atoms. The van der Waals surface area contributed by atoms with Crippen LogP contribution in [0.25, 0.3) is 33.9 Å². The van der Waals surface area contributed by atoms with E-state index in [1.807, 2.05) is 36.4 Å². The first kappa shape index (κ1) is 17.0. The molecule has 0 atom stereocenters. The van der Waals surface area contributed by atoms with Crippen molar-refractivity contribution in [3.05, 3.63) is 84.4 Å². The van der Waals surface area contributed by atoms with E-state index in [1.165, 1.54) is 11.8 Å². The van der Waals surface area contributed by atoms with Gasteiger partial charge in [0.15, 0.2) is 9.84 Å². The van der Waals surface area contributed by atoms with Gasteiger partial charge in [-0.1, -0.05) is 66.7 Å². The standard InChI is InChI=1S/C23H18N2O2S/c1-28(26,27)19-13-11-16(12-14-19)21-22(17-7-3-2-4-8-17)25-15-18-9-5-6-10-20(18)23(25)24-21/h2-14H,15H2,1H3. The minimum atomic E-state index is -3.23. The molecule has 1 aliphatic rings. The maximum Gasteiger partial charge on any atom is 0.175 e. The first-order valence-corrected chi connectivity index (χ1v) is 11.0. The van der Waals surface area contributed by atoms with Crippen LogP contribution in [0.4, 0.5) is 0 Å². The largest absolute Gasteiger partial charge is 0.319 e. The average molecular weight is 386 g/mol. The van der Waals surface area contributed by atoms with E-state index in [1.54, 1.807) is 12.1 Å². The third kappa shape index (κ3) is 2.67. The molecule has 0 saturated heterocycles. The van der Waals surface area contributed by atoms with Gasteiger partial charge in [0.05, 0.1) is 22.8 Å². The highest BCUT2D eigenvalue weighted by Gasteiger charge is 2.27. The zero-order valence-corrected chi connectivity index (χ0v) is 16.1. The van der Waals surface area contributed by atoms with Crippen LogP contribution in [0.1, 0.15) is 5.56 Å². The number of nitrogens with zero attached hydrogens (tertiary/aromatic N) is 2. The van der Waals surface area contributed by atoms with E-state index in [0.717, 1.165) is 40.4 Å². The molecule has 138 valence electrons. The summed E-state index contributed by atoms with van der Waals surface area (Å²) in [7, 11) is -3.23. The molecule has 4 aromatic rings. The second-order valence-corrected chi connectivity index (χ2v) is 9.05. The van der Waals surface area contributed by atoms with Gasteiger partial charge in [0.25, 0.3) is 0 Å². The molecule has 0 amide bonds. The molecule has 4 nitrogen and oxygen atoms in total. The van der Waals surface area contributed by atoms with Crippen molar-refractivity contribution in [3.8, 4) is 33.9 Å². The van der Waals surface area contributed by atoms with Crippen LogP contribution in [0.15, 0.2) is 83.8 Å². The molecule has 0 spiro atoms. The minimum absolute atomic E-state index is 0.314. The van der Waals surface area contributed by atoms with E-state index in [2.05, 4.69) is 34.9 Å². The predicted octanol–water partition coefficient (Wildman–Crippen LogP) is 4.65.